The number of ether oxygens (including phenoxy) is 3. The highest BCUT2D eigenvalue weighted by molar-refractivity contribution is 5.93. The van der Waals surface area contributed by atoms with Crippen LogP contribution in [0.25, 0.3) is 0 Å². The van der Waals surface area contributed by atoms with E-state index in [0.29, 0.717) is 18.0 Å². The van der Waals surface area contributed by atoms with E-state index >= 15 is 0 Å². The van der Waals surface area contributed by atoms with E-state index in [-0.39, 0.29) is 11.5 Å². The summed E-state index contributed by atoms with van der Waals surface area (Å²) in [6, 6.07) is 4.71. The van der Waals surface area contributed by atoms with E-state index < -0.39 is 12.1 Å². The van der Waals surface area contributed by atoms with E-state index in [9.17, 15) is 9.59 Å². The van der Waals surface area contributed by atoms with Gasteiger partial charge < -0.3 is 19.5 Å². The minimum absolute atomic E-state index is 0.265. The van der Waals surface area contributed by atoms with Gasteiger partial charge in [0.2, 0.25) is 0 Å². The van der Waals surface area contributed by atoms with Gasteiger partial charge >= 0.3 is 5.97 Å². The fourth-order valence-corrected chi connectivity index (χ4v) is 1.60. The van der Waals surface area contributed by atoms with Crippen molar-refractivity contribution in [2.45, 2.75) is 26.4 Å². The van der Waals surface area contributed by atoms with E-state index in [1.807, 2.05) is 6.92 Å². The van der Waals surface area contributed by atoms with Gasteiger partial charge in [-0.3, -0.25) is 4.79 Å². The minimum atomic E-state index is -0.860. The van der Waals surface area contributed by atoms with E-state index in [4.69, 9.17) is 14.2 Å². The lowest BCUT2D eigenvalue weighted by Crippen LogP contribution is -2.36. The van der Waals surface area contributed by atoms with Crippen LogP contribution in [0.2, 0.25) is 0 Å². The van der Waals surface area contributed by atoms with Crippen molar-refractivity contribution < 1.29 is 23.8 Å². The lowest BCUT2D eigenvalue weighted by molar-refractivity contribution is -0.129. The van der Waals surface area contributed by atoms with Crippen molar-refractivity contribution in [1.29, 1.82) is 0 Å². The van der Waals surface area contributed by atoms with E-state index in [1.54, 1.807) is 6.07 Å². The third kappa shape index (κ3) is 4.98. The first-order chi connectivity index (χ1) is 10.0. The summed E-state index contributed by atoms with van der Waals surface area (Å²) in [7, 11) is 2.98. The third-order valence-electron chi connectivity index (χ3n) is 2.79. The lowest BCUT2D eigenvalue weighted by atomic mass is 10.2. The molecule has 1 rings (SSSR count). The number of carbonyl (C=O) groups excluding carboxylic acids is 2. The van der Waals surface area contributed by atoms with Gasteiger partial charge in [0, 0.05) is 12.6 Å². The Morgan fingerprint density at radius 3 is 2.19 bits per heavy atom. The molecule has 6 nitrogen and oxygen atoms in total. The highest BCUT2D eigenvalue weighted by Gasteiger charge is 2.19. The van der Waals surface area contributed by atoms with Crippen LogP contribution in [0.3, 0.4) is 0 Å². The zero-order valence-electron chi connectivity index (χ0n) is 12.8. The first-order valence-electron chi connectivity index (χ1n) is 6.73. The van der Waals surface area contributed by atoms with Crippen molar-refractivity contribution in [1.82, 2.24) is 5.32 Å². The summed E-state index contributed by atoms with van der Waals surface area (Å²) in [5.74, 6) is 0.0279. The van der Waals surface area contributed by atoms with Gasteiger partial charge in [-0.15, -0.1) is 0 Å². The second kappa shape index (κ2) is 8.14. The van der Waals surface area contributed by atoms with Crippen LogP contribution in [-0.2, 0) is 9.53 Å². The van der Waals surface area contributed by atoms with Crippen molar-refractivity contribution in [3.63, 3.8) is 0 Å². The average molecular weight is 295 g/mol. The fraction of sp³-hybridized carbons (Fsp3) is 0.467. The molecule has 0 fully saturated rings. The van der Waals surface area contributed by atoms with Gasteiger partial charge in [0.25, 0.3) is 5.91 Å². The summed E-state index contributed by atoms with van der Waals surface area (Å²) in [6.07, 6.45) is -0.0410. The maximum Gasteiger partial charge on any atom is 0.339 e. The molecule has 0 spiro atoms. The monoisotopic (exact) mass is 295 g/mol. The predicted molar refractivity (Wildman–Crippen MR) is 77.7 cm³/mol. The summed E-state index contributed by atoms with van der Waals surface area (Å²) in [5.41, 5.74) is 0.265. The maximum atomic E-state index is 12.1. The van der Waals surface area contributed by atoms with Crippen molar-refractivity contribution in [2.24, 2.45) is 0 Å². The molecule has 0 saturated heterocycles. The van der Waals surface area contributed by atoms with Gasteiger partial charge in [-0.1, -0.05) is 6.92 Å². The summed E-state index contributed by atoms with van der Waals surface area (Å²) in [4.78, 5) is 23.7. The summed E-state index contributed by atoms with van der Waals surface area (Å²) >= 11 is 0. The highest BCUT2D eigenvalue weighted by Crippen LogP contribution is 2.23. The van der Waals surface area contributed by atoms with E-state index in [0.717, 1.165) is 6.42 Å². The van der Waals surface area contributed by atoms with Crippen LogP contribution < -0.4 is 14.8 Å². The van der Waals surface area contributed by atoms with Crippen molar-refractivity contribution in [2.75, 3.05) is 20.8 Å². The largest absolute Gasteiger partial charge is 0.497 e. The molecule has 6 heteroatoms. The molecule has 0 heterocycles. The lowest BCUT2D eigenvalue weighted by Gasteiger charge is -2.14. The summed E-state index contributed by atoms with van der Waals surface area (Å²) < 4.78 is 15.3. The molecule has 0 bridgehead atoms. The zero-order valence-corrected chi connectivity index (χ0v) is 12.8. The molecule has 1 unspecified atom stereocenters. The Labute approximate surface area is 124 Å². The second-order valence-electron chi connectivity index (χ2n) is 4.44. The number of carbonyl (C=O) groups is 2. The number of nitrogens with one attached hydrogen (secondary N) is 1. The van der Waals surface area contributed by atoms with Gasteiger partial charge in [-0.25, -0.2) is 4.79 Å². The Morgan fingerprint density at radius 2 is 1.71 bits per heavy atom. The van der Waals surface area contributed by atoms with Crippen LogP contribution in [0.5, 0.6) is 11.5 Å². The smallest absolute Gasteiger partial charge is 0.339 e. The Balaban J connectivity index is 2.77. The van der Waals surface area contributed by atoms with Crippen molar-refractivity contribution in [3.8, 4) is 11.5 Å². The Morgan fingerprint density at radius 1 is 1.14 bits per heavy atom. The molecule has 0 aliphatic rings. The third-order valence-corrected chi connectivity index (χ3v) is 2.79. The average Bonchev–Trinajstić information content (AvgIpc) is 2.51. The molecular weight excluding hydrogens is 274 g/mol. The molecule has 0 aromatic heterocycles. The molecule has 1 N–H and O–H groups in total. The van der Waals surface area contributed by atoms with Gasteiger partial charge in [0.15, 0.2) is 6.10 Å². The van der Waals surface area contributed by atoms with Crippen LogP contribution in [0.15, 0.2) is 18.2 Å². The number of hydrogen-bond donors (Lipinski definition) is 1. The van der Waals surface area contributed by atoms with E-state index in [2.05, 4.69) is 5.32 Å². The molecule has 1 atom stereocenters. The summed E-state index contributed by atoms with van der Waals surface area (Å²) in [6.45, 7) is 4.02. The number of hydrogen-bond acceptors (Lipinski definition) is 5. The minimum Gasteiger partial charge on any atom is -0.497 e. The molecule has 0 radical (unpaired) electrons. The molecule has 0 aliphatic heterocycles. The van der Waals surface area contributed by atoms with Crippen LogP contribution in [0, 0.1) is 0 Å². The first-order valence-corrected chi connectivity index (χ1v) is 6.73. The molecule has 1 aromatic carbocycles. The fourth-order valence-electron chi connectivity index (χ4n) is 1.60. The number of methoxy groups -OCH3 is 2. The van der Waals surface area contributed by atoms with Crippen LogP contribution in [0.1, 0.15) is 30.6 Å². The highest BCUT2D eigenvalue weighted by atomic mass is 16.5. The SMILES string of the molecule is CCCNC(=O)C(C)OC(=O)c1cc(OC)cc(OC)c1. The molecule has 116 valence electrons. The van der Waals surface area contributed by atoms with Crippen LogP contribution in [-0.4, -0.2) is 38.7 Å². The van der Waals surface area contributed by atoms with Gasteiger partial charge in [-0.2, -0.15) is 0 Å². The molecule has 0 saturated carbocycles. The van der Waals surface area contributed by atoms with Crippen LogP contribution in [0.4, 0.5) is 0 Å². The normalized spacial score (nSPS) is 11.4. The van der Waals surface area contributed by atoms with Crippen molar-refractivity contribution >= 4 is 11.9 Å². The number of rotatable bonds is 7. The summed E-state index contributed by atoms with van der Waals surface area (Å²) in [5, 5.41) is 2.67. The molecule has 0 aliphatic carbocycles. The quantitative estimate of drug-likeness (QED) is 0.776. The van der Waals surface area contributed by atoms with Gasteiger partial charge in [0.05, 0.1) is 19.8 Å². The van der Waals surface area contributed by atoms with Crippen LogP contribution >= 0.6 is 0 Å². The number of esters is 1. The first kappa shape index (κ1) is 16.8. The standard InChI is InChI=1S/C15H21NO5/c1-5-6-16-14(17)10(2)21-15(18)11-7-12(19-3)9-13(8-11)20-4/h7-10H,5-6H2,1-4H3,(H,16,17). The maximum absolute atomic E-state index is 12.1. The molecule has 1 aromatic rings. The Kier molecular flexibility index (Phi) is 6.52. The number of benzene rings is 1. The molecule has 21 heavy (non-hydrogen) atoms. The second-order valence-corrected chi connectivity index (χ2v) is 4.44. The Hall–Kier alpha value is -2.24. The van der Waals surface area contributed by atoms with Gasteiger partial charge in [-0.05, 0) is 25.5 Å². The van der Waals surface area contributed by atoms with E-state index in [1.165, 1.54) is 33.3 Å². The molecule has 1 amide bonds. The molecular formula is C15H21NO5. The predicted octanol–water partition coefficient (Wildman–Crippen LogP) is 1.78. The topological polar surface area (TPSA) is 73.9 Å². The number of amides is 1. The van der Waals surface area contributed by atoms with Gasteiger partial charge in [0.1, 0.15) is 11.5 Å². The zero-order chi connectivity index (χ0) is 15.8. The Bertz CT molecular complexity index is 479. The van der Waals surface area contributed by atoms with Crippen molar-refractivity contribution in [3.05, 3.63) is 23.8 Å².